The van der Waals surface area contributed by atoms with Gasteiger partial charge in [0.05, 0.1) is 11.7 Å². The number of aromatic hydroxyl groups is 2. The number of carbonyl (C=O) groups is 1. The first-order valence-electron chi connectivity index (χ1n) is 9.11. The molecule has 130 valence electrons. The van der Waals surface area contributed by atoms with Gasteiger partial charge in [-0.15, -0.1) is 0 Å². The normalized spacial score (nSPS) is 37.5. The highest BCUT2D eigenvalue weighted by atomic mass is 16.3. The van der Waals surface area contributed by atoms with Gasteiger partial charge >= 0.3 is 0 Å². The van der Waals surface area contributed by atoms with Gasteiger partial charge < -0.3 is 15.3 Å². The second-order valence-electron chi connectivity index (χ2n) is 8.30. The highest BCUT2D eigenvalue weighted by Gasteiger charge is 2.55. The molecule has 1 aromatic carbocycles. The molecule has 0 radical (unpaired) electrons. The van der Waals surface area contributed by atoms with Crippen LogP contribution in [0.2, 0.25) is 0 Å². The van der Waals surface area contributed by atoms with Crippen molar-refractivity contribution in [1.82, 2.24) is 0 Å². The Kier molecular flexibility index (Phi) is 3.47. The van der Waals surface area contributed by atoms with Gasteiger partial charge in [0, 0.05) is 0 Å². The number of hydrogen-bond acceptors (Lipinski definition) is 4. The molecule has 1 aromatic rings. The van der Waals surface area contributed by atoms with Crippen LogP contribution in [-0.4, -0.2) is 27.2 Å². The van der Waals surface area contributed by atoms with E-state index < -0.39 is 0 Å². The lowest BCUT2D eigenvalue weighted by molar-refractivity contribution is -0.0227. The number of rotatable bonds is 1. The number of fused-ring (bicyclic) bond motifs is 5. The summed E-state index contributed by atoms with van der Waals surface area (Å²) >= 11 is 0. The zero-order valence-corrected chi connectivity index (χ0v) is 14.4. The molecule has 2 saturated carbocycles. The molecule has 0 aromatic heterocycles. The van der Waals surface area contributed by atoms with Crippen molar-refractivity contribution < 1.29 is 20.1 Å². The fourth-order valence-corrected chi connectivity index (χ4v) is 6.06. The molecule has 3 aliphatic carbocycles. The molecule has 4 heteroatoms. The van der Waals surface area contributed by atoms with Crippen LogP contribution in [0.5, 0.6) is 11.5 Å². The Bertz CT molecular complexity index is 710. The van der Waals surface area contributed by atoms with E-state index in [1.807, 2.05) is 0 Å². The molecule has 0 spiro atoms. The third kappa shape index (κ3) is 1.98. The van der Waals surface area contributed by atoms with Gasteiger partial charge in [-0.2, -0.15) is 0 Å². The SMILES string of the molecule is CC(=O)c1c(O)c(O)cc2c1[C@H]1CC[C@]3(C)[C@@H](O)CC[C@H]3[C@@H]1CC2. The zero-order chi connectivity index (χ0) is 17.2. The number of aliphatic hydroxyl groups is 1. The maximum Gasteiger partial charge on any atom is 0.168 e. The third-order valence-corrected chi connectivity index (χ3v) is 7.26. The van der Waals surface area contributed by atoms with E-state index in [9.17, 15) is 20.1 Å². The Morgan fingerprint density at radius 3 is 2.67 bits per heavy atom. The summed E-state index contributed by atoms with van der Waals surface area (Å²) in [4.78, 5) is 12.2. The predicted octanol–water partition coefficient (Wildman–Crippen LogP) is 3.52. The van der Waals surface area contributed by atoms with E-state index in [2.05, 4.69) is 6.92 Å². The zero-order valence-electron chi connectivity index (χ0n) is 14.4. The average molecular weight is 330 g/mol. The maximum absolute atomic E-state index is 12.2. The van der Waals surface area contributed by atoms with Crippen LogP contribution < -0.4 is 0 Å². The molecule has 0 heterocycles. The van der Waals surface area contributed by atoms with Crippen LogP contribution in [-0.2, 0) is 6.42 Å². The summed E-state index contributed by atoms with van der Waals surface area (Å²) in [5, 5.41) is 30.7. The van der Waals surface area contributed by atoms with Crippen molar-refractivity contribution in [3.63, 3.8) is 0 Å². The second-order valence-corrected chi connectivity index (χ2v) is 8.30. The van der Waals surface area contributed by atoms with Crippen molar-refractivity contribution >= 4 is 5.78 Å². The van der Waals surface area contributed by atoms with Crippen molar-refractivity contribution in [3.8, 4) is 11.5 Å². The Morgan fingerprint density at radius 2 is 1.96 bits per heavy atom. The van der Waals surface area contributed by atoms with E-state index in [1.165, 1.54) is 6.92 Å². The van der Waals surface area contributed by atoms with E-state index in [1.54, 1.807) is 6.07 Å². The van der Waals surface area contributed by atoms with Gasteiger partial charge in [0.15, 0.2) is 17.3 Å². The van der Waals surface area contributed by atoms with Crippen LogP contribution in [0.15, 0.2) is 6.07 Å². The number of phenolic OH excluding ortho intramolecular Hbond substituents is 2. The van der Waals surface area contributed by atoms with Gasteiger partial charge in [0.2, 0.25) is 0 Å². The van der Waals surface area contributed by atoms with Crippen molar-refractivity contribution in [2.24, 2.45) is 17.3 Å². The van der Waals surface area contributed by atoms with Crippen LogP contribution in [0.3, 0.4) is 0 Å². The highest BCUT2D eigenvalue weighted by Crippen LogP contribution is 2.61. The van der Waals surface area contributed by atoms with Gasteiger partial charge in [-0.1, -0.05) is 6.92 Å². The van der Waals surface area contributed by atoms with Gasteiger partial charge in [0.25, 0.3) is 0 Å². The minimum Gasteiger partial charge on any atom is -0.504 e. The quantitative estimate of drug-likeness (QED) is 0.544. The maximum atomic E-state index is 12.2. The minimum atomic E-state index is -0.262. The summed E-state index contributed by atoms with van der Waals surface area (Å²) in [6.07, 6.45) is 5.46. The van der Waals surface area contributed by atoms with Crippen LogP contribution in [0.4, 0.5) is 0 Å². The number of aryl methyl sites for hydroxylation is 1. The summed E-state index contributed by atoms with van der Waals surface area (Å²) in [6.45, 7) is 3.69. The monoisotopic (exact) mass is 330 g/mol. The average Bonchev–Trinajstić information content (AvgIpc) is 2.83. The van der Waals surface area contributed by atoms with Crippen molar-refractivity contribution in [2.45, 2.75) is 64.4 Å². The second kappa shape index (κ2) is 5.22. The summed E-state index contributed by atoms with van der Waals surface area (Å²) in [6, 6.07) is 1.64. The van der Waals surface area contributed by atoms with Gasteiger partial charge in [0.1, 0.15) is 0 Å². The Labute approximate surface area is 142 Å². The number of aliphatic hydroxyl groups excluding tert-OH is 1. The van der Waals surface area contributed by atoms with Crippen LogP contribution in [0.1, 0.15) is 73.4 Å². The highest BCUT2D eigenvalue weighted by molar-refractivity contribution is 5.99. The molecule has 0 bridgehead atoms. The van der Waals surface area contributed by atoms with Crippen LogP contribution in [0, 0.1) is 17.3 Å². The molecule has 2 fully saturated rings. The molecule has 0 unspecified atom stereocenters. The standard InChI is InChI=1S/C20H26O4/c1-10(21)17-18-11(9-15(22)19(17)24)3-4-12-13(18)7-8-20(2)14(12)5-6-16(20)23/h9,12-14,16,22-24H,3-8H2,1-2H3/t12-,13+,14+,16+,20+/m1/s1. The van der Waals surface area contributed by atoms with Crippen LogP contribution >= 0.6 is 0 Å². The largest absolute Gasteiger partial charge is 0.504 e. The lowest BCUT2D eigenvalue weighted by Gasteiger charge is -2.50. The molecule has 4 nitrogen and oxygen atoms in total. The fourth-order valence-electron chi connectivity index (χ4n) is 6.06. The van der Waals surface area contributed by atoms with Crippen molar-refractivity contribution in [1.29, 1.82) is 0 Å². The summed E-state index contributed by atoms with van der Waals surface area (Å²) in [5.74, 6) is 0.559. The minimum absolute atomic E-state index is 0.00593. The van der Waals surface area contributed by atoms with Gasteiger partial charge in [-0.05, 0) is 85.8 Å². The Morgan fingerprint density at radius 1 is 1.21 bits per heavy atom. The van der Waals surface area contributed by atoms with Gasteiger partial charge in [-0.3, -0.25) is 4.79 Å². The van der Waals surface area contributed by atoms with E-state index in [0.717, 1.165) is 49.7 Å². The number of Topliss-reactive ketones (excluding diaryl/α,β-unsaturated/α-hetero) is 1. The molecule has 3 aliphatic rings. The summed E-state index contributed by atoms with van der Waals surface area (Å²) in [5.41, 5.74) is 2.30. The fraction of sp³-hybridized carbons (Fsp3) is 0.650. The molecule has 3 N–H and O–H groups in total. The third-order valence-electron chi connectivity index (χ3n) is 7.26. The van der Waals surface area contributed by atoms with Crippen LogP contribution in [0.25, 0.3) is 0 Å². The molecular formula is C20H26O4. The van der Waals surface area contributed by atoms with E-state index in [0.29, 0.717) is 17.4 Å². The van der Waals surface area contributed by atoms with E-state index in [4.69, 9.17) is 0 Å². The molecular weight excluding hydrogens is 304 g/mol. The first-order valence-corrected chi connectivity index (χ1v) is 9.11. The van der Waals surface area contributed by atoms with Gasteiger partial charge in [-0.25, -0.2) is 0 Å². The molecule has 0 saturated heterocycles. The number of phenols is 2. The topological polar surface area (TPSA) is 77.8 Å². The number of benzene rings is 1. The van der Waals surface area contributed by atoms with E-state index in [-0.39, 0.29) is 34.7 Å². The van der Waals surface area contributed by atoms with E-state index >= 15 is 0 Å². The van der Waals surface area contributed by atoms with Crippen molar-refractivity contribution in [2.75, 3.05) is 0 Å². The predicted molar refractivity (Wildman–Crippen MR) is 90.4 cm³/mol. The Balaban J connectivity index is 1.83. The summed E-state index contributed by atoms with van der Waals surface area (Å²) in [7, 11) is 0. The first-order chi connectivity index (χ1) is 11.3. The lowest BCUT2D eigenvalue weighted by Crippen LogP contribution is -2.44. The molecule has 0 aliphatic heterocycles. The summed E-state index contributed by atoms with van der Waals surface area (Å²) < 4.78 is 0. The number of hydrogen-bond donors (Lipinski definition) is 3. The number of carbonyl (C=O) groups excluding carboxylic acids is 1. The molecule has 24 heavy (non-hydrogen) atoms. The lowest BCUT2D eigenvalue weighted by atomic mass is 9.55. The van der Waals surface area contributed by atoms with Crippen molar-refractivity contribution in [3.05, 3.63) is 22.8 Å². The Hall–Kier alpha value is -1.55. The number of ketones is 1. The molecule has 5 atom stereocenters. The smallest absolute Gasteiger partial charge is 0.168 e. The molecule has 4 rings (SSSR count). The first kappa shape index (κ1) is 15.9. The molecule has 0 amide bonds.